The van der Waals surface area contributed by atoms with Gasteiger partial charge in [-0.15, -0.1) is 0 Å². The average molecular weight is 356 g/mol. The number of rotatable bonds is 4. The Morgan fingerprint density at radius 2 is 1.67 bits per heavy atom. The highest BCUT2D eigenvalue weighted by Gasteiger charge is 2.07. The Balaban J connectivity index is 1.62. The van der Waals surface area contributed by atoms with E-state index in [2.05, 4.69) is 46.0 Å². The van der Waals surface area contributed by atoms with Crippen LogP contribution in [0.2, 0.25) is 0 Å². The first-order valence-electron chi connectivity index (χ1n) is 8.85. The van der Waals surface area contributed by atoms with Crippen LogP contribution < -0.4 is 5.43 Å². The SMILES string of the molecule is Cc1cc(C)n(CC(=O)N/N=C\c2c3ccccc3cc3ccccc23)n1. The van der Waals surface area contributed by atoms with E-state index >= 15 is 0 Å². The Morgan fingerprint density at radius 3 is 2.26 bits per heavy atom. The molecular weight excluding hydrogens is 336 g/mol. The van der Waals surface area contributed by atoms with Crippen molar-refractivity contribution in [2.45, 2.75) is 20.4 Å². The van der Waals surface area contributed by atoms with E-state index in [-0.39, 0.29) is 12.5 Å². The summed E-state index contributed by atoms with van der Waals surface area (Å²) in [7, 11) is 0. The number of aromatic nitrogens is 2. The molecule has 3 aromatic carbocycles. The maximum absolute atomic E-state index is 12.2. The van der Waals surface area contributed by atoms with E-state index in [9.17, 15) is 4.79 Å². The number of carbonyl (C=O) groups excluding carboxylic acids is 1. The number of carbonyl (C=O) groups is 1. The lowest BCUT2D eigenvalue weighted by Crippen LogP contribution is -2.24. The summed E-state index contributed by atoms with van der Waals surface area (Å²) in [5.74, 6) is -0.206. The number of aryl methyl sites for hydroxylation is 2. The molecule has 27 heavy (non-hydrogen) atoms. The van der Waals surface area contributed by atoms with E-state index in [1.165, 1.54) is 0 Å². The van der Waals surface area contributed by atoms with Crippen molar-refractivity contribution in [3.8, 4) is 0 Å². The van der Waals surface area contributed by atoms with Crippen LogP contribution in [0.15, 0.2) is 65.8 Å². The maximum atomic E-state index is 12.2. The standard InChI is InChI=1S/C22H20N4O/c1-15-11-16(2)26(25-15)14-22(27)24-23-13-21-19-9-5-3-7-17(19)12-18-8-4-6-10-20(18)21/h3-13H,14H2,1-2H3,(H,24,27)/b23-13-. The van der Waals surface area contributed by atoms with Gasteiger partial charge in [-0.25, -0.2) is 5.43 Å². The van der Waals surface area contributed by atoms with E-state index in [0.717, 1.165) is 38.5 Å². The van der Waals surface area contributed by atoms with Crippen molar-refractivity contribution in [2.75, 3.05) is 0 Å². The highest BCUT2D eigenvalue weighted by atomic mass is 16.2. The third kappa shape index (κ3) is 3.44. The number of fused-ring (bicyclic) bond motifs is 2. The topological polar surface area (TPSA) is 59.3 Å². The molecule has 5 nitrogen and oxygen atoms in total. The summed E-state index contributed by atoms with van der Waals surface area (Å²) in [5, 5.41) is 13.0. The summed E-state index contributed by atoms with van der Waals surface area (Å²) < 4.78 is 1.67. The number of hydrazone groups is 1. The number of nitrogens with zero attached hydrogens (tertiary/aromatic N) is 3. The predicted octanol–water partition coefficient (Wildman–Crippen LogP) is 3.96. The van der Waals surface area contributed by atoms with Crippen molar-refractivity contribution in [2.24, 2.45) is 5.10 Å². The Morgan fingerprint density at radius 1 is 1.04 bits per heavy atom. The Kier molecular flexibility index (Phi) is 4.42. The van der Waals surface area contributed by atoms with Gasteiger partial charge in [0.2, 0.25) is 0 Å². The van der Waals surface area contributed by atoms with Crippen LogP contribution in [-0.2, 0) is 11.3 Å². The van der Waals surface area contributed by atoms with Gasteiger partial charge in [-0.3, -0.25) is 9.48 Å². The maximum Gasteiger partial charge on any atom is 0.261 e. The zero-order chi connectivity index (χ0) is 18.8. The van der Waals surface area contributed by atoms with Gasteiger partial charge >= 0.3 is 0 Å². The zero-order valence-electron chi connectivity index (χ0n) is 15.3. The first kappa shape index (κ1) is 17.0. The normalized spacial score (nSPS) is 11.5. The molecular formula is C22H20N4O. The van der Waals surface area contributed by atoms with Gasteiger partial charge in [0.05, 0.1) is 11.9 Å². The van der Waals surface area contributed by atoms with E-state index in [1.807, 2.05) is 44.2 Å². The molecule has 0 unspecified atom stereocenters. The lowest BCUT2D eigenvalue weighted by atomic mass is 9.97. The molecule has 0 aliphatic rings. The summed E-state index contributed by atoms with van der Waals surface area (Å²) in [5.41, 5.74) is 5.46. The summed E-state index contributed by atoms with van der Waals surface area (Å²) >= 11 is 0. The smallest absolute Gasteiger partial charge is 0.261 e. The fraction of sp³-hybridized carbons (Fsp3) is 0.136. The van der Waals surface area contributed by atoms with Crippen LogP contribution in [0, 0.1) is 13.8 Å². The molecule has 1 heterocycles. The molecule has 0 bridgehead atoms. The molecule has 1 aromatic heterocycles. The van der Waals surface area contributed by atoms with Gasteiger partial charge in [0.1, 0.15) is 6.54 Å². The minimum atomic E-state index is -0.206. The first-order chi connectivity index (χ1) is 13.1. The van der Waals surface area contributed by atoms with Crippen LogP contribution in [0.4, 0.5) is 0 Å². The summed E-state index contributed by atoms with van der Waals surface area (Å²) in [6.45, 7) is 3.98. The molecule has 0 saturated carbocycles. The molecule has 0 saturated heterocycles. The minimum absolute atomic E-state index is 0.146. The molecule has 0 radical (unpaired) electrons. The molecule has 0 atom stereocenters. The number of nitrogens with one attached hydrogen (secondary N) is 1. The van der Waals surface area contributed by atoms with E-state index in [1.54, 1.807) is 10.9 Å². The number of hydrogen-bond donors (Lipinski definition) is 1. The van der Waals surface area contributed by atoms with Crippen molar-refractivity contribution in [1.82, 2.24) is 15.2 Å². The molecule has 1 amide bonds. The van der Waals surface area contributed by atoms with Gasteiger partial charge in [0.15, 0.2) is 0 Å². The van der Waals surface area contributed by atoms with E-state index in [0.29, 0.717) is 0 Å². The van der Waals surface area contributed by atoms with Crippen LogP contribution in [0.1, 0.15) is 17.0 Å². The molecule has 4 aromatic rings. The molecule has 134 valence electrons. The largest absolute Gasteiger partial charge is 0.271 e. The summed E-state index contributed by atoms with van der Waals surface area (Å²) in [4.78, 5) is 12.2. The average Bonchev–Trinajstić information content (AvgIpc) is 2.98. The zero-order valence-corrected chi connectivity index (χ0v) is 15.3. The second kappa shape index (κ2) is 7.03. The van der Waals surface area contributed by atoms with Crippen LogP contribution in [0.3, 0.4) is 0 Å². The van der Waals surface area contributed by atoms with Crippen molar-refractivity contribution >= 4 is 33.7 Å². The van der Waals surface area contributed by atoms with Crippen molar-refractivity contribution in [1.29, 1.82) is 0 Å². The molecule has 0 aliphatic heterocycles. The van der Waals surface area contributed by atoms with Gasteiger partial charge in [0, 0.05) is 11.3 Å². The molecule has 0 spiro atoms. The molecule has 1 N–H and O–H groups in total. The fourth-order valence-corrected chi connectivity index (χ4v) is 3.36. The summed E-state index contributed by atoms with van der Waals surface area (Å²) in [6.07, 6.45) is 1.73. The van der Waals surface area contributed by atoms with Gasteiger partial charge in [0.25, 0.3) is 5.91 Å². The van der Waals surface area contributed by atoms with E-state index in [4.69, 9.17) is 0 Å². The van der Waals surface area contributed by atoms with Crippen LogP contribution in [0.5, 0.6) is 0 Å². The van der Waals surface area contributed by atoms with Crippen LogP contribution in [0.25, 0.3) is 21.5 Å². The lowest BCUT2D eigenvalue weighted by molar-refractivity contribution is -0.121. The number of hydrogen-bond acceptors (Lipinski definition) is 3. The molecule has 0 aliphatic carbocycles. The predicted molar refractivity (Wildman–Crippen MR) is 109 cm³/mol. The van der Waals surface area contributed by atoms with Crippen molar-refractivity contribution in [3.05, 3.63) is 77.6 Å². The quantitative estimate of drug-likeness (QED) is 0.342. The summed E-state index contributed by atoms with van der Waals surface area (Å²) in [6, 6.07) is 20.5. The van der Waals surface area contributed by atoms with Gasteiger partial charge < -0.3 is 0 Å². The fourth-order valence-electron chi connectivity index (χ4n) is 3.36. The van der Waals surface area contributed by atoms with E-state index < -0.39 is 0 Å². The van der Waals surface area contributed by atoms with Crippen molar-refractivity contribution < 1.29 is 4.79 Å². The molecule has 5 heteroatoms. The van der Waals surface area contributed by atoms with Crippen molar-refractivity contribution in [3.63, 3.8) is 0 Å². The Bertz CT molecular complexity index is 1120. The number of benzene rings is 3. The molecule has 0 fully saturated rings. The Hall–Kier alpha value is -3.47. The minimum Gasteiger partial charge on any atom is -0.271 e. The van der Waals surface area contributed by atoms with Gasteiger partial charge in [-0.2, -0.15) is 10.2 Å². The monoisotopic (exact) mass is 356 g/mol. The highest BCUT2D eigenvalue weighted by Crippen LogP contribution is 2.27. The second-order valence-electron chi connectivity index (χ2n) is 6.61. The highest BCUT2D eigenvalue weighted by molar-refractivity contribution is 6.13. The first-order valence-corrected chi connectivity index (χ1v) is 8.85. The van der Waals surface area contributed by atoms with Crippen LogP contribution in [-0.4, -0.2) is 21.9 Å². The Labute approximate surface area is 157 Å². The number of amides is 1. The van der Waals surface area contributed by atoms with Gasteiger partial charge in [-0.1, -0.05) is 48.5 Å². The third-order valence-electron chi connectivity index (χ3n) is 4.59. The lowest BCUT2D eigenvalue weighted by Gasteiger charge is -2.08. The third-order valence-corrected chi connectivity index (χ3v) is 4.59. The van der Waals surface area contributed by atoms with Gasteiger partial charge in [-0.05, 0) is 47.5 Å². The van der Waals surface area contributed by atoms with Crippen LogP contribution >= 0.6 is 0 Å². The second-order valence-corrected chi connectivity index (χ2v) is 6.61. The molecule has 4 rings (SSSR count).